The molecule has 0 spiro atoms. The van der Waals surface area contributed by atoms with Gasteiger partial charge < -0.3 is 15.0 Å². The van der Waals surface area contributed by atoms with E-state index in [-0.39, 0.29) is 23.9 Å². The fourth-order valence-electron chi connectivity index (χ4n) is 5.25. The molecule has 1 atom stereocenters. The number of carbonyl (C=O) groups is 2. The number of benzene rings is 1. The summed E-state index contributed by atoms with van der Waals surface area (Å²) in [5.41, 5.74) is 2.11. The minimum Gasteiger partial charge on any atom is -0.493 e. The van der Waals surface area contributed by atoms with E-state index >= 15 is 0 Å². The van der Waals surface area contributed by atoms with Gasteiger partial charge in [-0.15, -0.1) is 0 Å². The number of carbonyl (C=O) groups excluding carboxylic acids is 2. The molecule has 226 valence electrons. The van der Waals surface area contributed by atoms with Crippen LogP contribution < -0.4 is 14.8 Å². The van der Waals surface area contributed by atoms with E-state index in [1.165, 1.54) is 14.1 Å². The fraction of sp³-hybridized carbons (Fsp3) is 0.724. The van der Waals surface area contributed by atoms with Crippen LogP contribution in [0.3, 0.4) is 0 Å². The lowest BCUT2D eigenvalue weighted by atomic mass is 9.98. The van der Waals surface area contributed by atoms with Crippen LogP contribution >= 0.6 is 0 Å². The van der Waals surface area contributed by atoms with E-state index < -0.39 is 10.2 Å². The van der Waals surface area contributed by atoms with Gasteiger partial charge >= 0.3 is 0 Å². The van der Waals surface area contributed by atoms with Crippen molar-refractivity contribution in [2.45, 2.75) is 90.3 Å². The molecule has 0 aromatic heterocycles. The summed E-state index contributed by atoms with van der Waals surface area (Å²) >= 11 is 0. The Morgan fingerprint density at radius 2 is 1.95 bits per heavy atom. The minimum absolute atomic E-state index is 0.0442. The molecule has 1 unspecified atom stereocenters. The molecule has 0 saturated carbocycles. The smallest absolute Gasteiger partial charge is 0.278 e. The van der Waals surface area contributed by atoms with Crippen molar-refractivity contribution < 1.29 is 22.7 Å². The SMILES string of the molecule is CC(C)N1CC(=O)NCCCCCOc2ccc(CCC(=O)N3CCCCC3CCNS(=O)(=O)N(C)C)cc2C1. The summed E-state index contributed by atoms with van der Waals surface area (Å²) in [6, 6.07) is 6.41. The van der Waals surface area contributed by atoms with Crippen LogP contribution in [-0.4, -0.2) is 93.3 Å². The maximum absolute atomic E-state index is 13.3. The van der Waals surface area contributed by atoms with Gasteiger partial charge in [-0.25, -0.2) is 4.72 Å². The highest BCUT2D eigenvalue weighted by Gasteiger charge is 2.27. The summed E-state index contributed by atoms with van der Waals surface area (Å²) in [7, 11) is -0.476. The third-order valence-electron chi connectivity index (χ3n) is 7.79. The molecule has 0 bridgehead atoms. The van der Waals surface area contributed by atoms with Crippen molar-refractivity contribution in [2.24, 2.45) is 0 Å². The zero-order valence-corrected chi connectivity index (χ0v) is 25.6. The Morgan fingerprint density at radius 3 is 2.70 bits per heavy atom. The van der Waals surface area contributed by atoms with Crippen LogP contribution in [0.25, 0.3) is 0 Å². The monoisotopic (exact) mass is 579 g/mol. The zero-order valence-electron chi connectivity index (χ0n) is 24.8. The summed E-state index contributed by atoms with van der Waals surface area (Å²) in [4.78, 5) is 29.9. The Kier molecular flexibility index (Phi) is 12.7. The molecular formula is C29H49N5O5S. The fourth-order valence-corrected chi connectivity index (χ4v) is 5.89. The highest BCUT2D eigenvalue weighted by atomic mass is 32.2. The second kappa shape index (κ2) is 15.7. The molecule has 2 aliphatic heterocycles. The third kappa shape index (κ3) is 10.0. The van der Waals surface area contributed by atoms with Gasteiger partial charge in [0.25, 0.3) is 10.2 Å². The number of aryl methyl sites for hydroxylation is 1. The lowest BCUT2D eigenvalue weighted by Gasteiger charge is -2.36. The molecule has 40 heavy (non-hydrogen) atoms. The summed E-state index contributed by atoms with van der Waals surface area (Å²) in [5, 5.41) is 3.03. The first-order valence-corrected chi connectivity index (χ1v) is 16.2. The minimum atomic E-state index is -3.47. The van der Waals surface area contributed by atoms with Gasteiger partial charge in [0.1, 0.15) is 5.75 Å². The van der Waals surface area contributed by atoms with Crippen LogP contribution in [0.15, 0.2) is 18.2 Å². The predicted molar refractivity (Wildman–Crippen MR) is 157 cm³/mol. The van der Waals surface area contributed by atoms with E-state index in [0.717, 1.165) is 59.7 Å². The van der Waals surface area contributed by atoms with Crippen molar-refractivity contribution in [1.82, 2.24) is 24.1 Å². The molecular weight excluding hydrogens is 530 g/mol. The van der Waals surface area contributed by atoms with Crippen molar-refractivity contribution >= 4 is 22.0 Å². The molecule has 10 nitrogen and oxygen atoms in total. The number of amides is 2. The van der Waals surface area contributed by atoms with E-state index in [1.54, 1.807) is 0 Å². The lowest BCUT2D eigenvalue weighted by molar-refractivity contribution is -0.135. The van der Waals surface area contributed by atoms with Crippen molar-refractivity contribution in [3.05, 3.63) is 29.3 Å². The zero-order chi connectivity index (χ0) is 29.1. The first-order chi connectivity index (χ1) is 19.1. The molecule has 2 heterocycles. The summed E-state index contributed by atoms with van der Waals surface area (Å²) < 4.78 is 34.0. The number of piperidine rings is 1. The first kappa shape index (κ1) is 32.3. The van der Waals surface area contributed by atoms with Crippen LogP contribution in [0.2, 0.25) is 0 Å². The number of likely N-dealkylation sites (tertiary alicyclic amines) is 1. The average molecular weight is 580 g/mol. The number of nitrogens with zero attached hydrogens (tertiary/aromatic N) is 3. The molecule has 1 saturated heterocycles. The van der Waals surface area contributed by atoms with E-state index in [1.807, 2.05) is 17.0 Å². The lowest BCUT2D eigenvalue weighted by Crippen LogP contribution is -2.46. The summed E-state index contributed by atoms with van der Waals surface area (Å²) in [5.74, 6) is 1.00. The van der Waals surface area contributed by atoms with Crippen molar-refractivity contribution in [3.63, 3.8) is 0 Å². The molecule has 2 aliphatic rings. The van der Waals surface area contributed by atoms with Crippen LogP contribution in [0.5, 0.6) is 5.75 Å². The van der Waals surface area contributed by atoms with Gasteiger partial charge in [-0.05, 0) is 76.8 Å². The van der Waals surface area contributed by atoms with Gasteiger partial charge in [0.15, 0.2) is 0 Å². The molecule has 3 rings (SSSR count). The Bertz CT molecular complexity index is 1080. The average Bonchev–Trinajstić information content (AvgIpc) is 2.92. The van der Waals surface area contributed by atoms with Crippen molar-refractivity contribution in [1.29, 1.82) is 0 Å². The number of rotatable bonds is 9. The third-order valence-corrected chi connectivity index (χ3v) is 9.32. The molecule has 0 radical (unpaired) electrons. The van der Waals surface area contributed by atoms with Crippen molar-refractivity contribution in [2.75, 3.05) is 46.9 Å². The molecule has 0 aliphatic carbocycles. The number of fused-ring (bicyclic) bond motifs is 1. The normalized spacial score (nSPS) is 20.2. The molecule has 1 aromatic carbocycles. The number of hydrogen-bond acceptors (Lipinski definition) is 6. The molecule has 1 aromatic rings. The van der Waals surface area contributed by atoms with Gasteiger partial charge in [0.2, 0.25) is 11.8 Å². The first-order valence-electron chi connectivity index (χ1n) is 14.8. The van der Waals surface area contributed by atoms with Gasteiger partial charge in [0.05, 0.1) is 13.2 Å². The number of hydrogen-bond donors (Lipinski definition) is 2. The van der Waals surface area contributed by atoms with Gasteiger partial charge in [0, 0.05) is 64.3 Å². The predicted octanol–water partition coefficient (Wildman–Crippen LogP) is 2.68. The maximum atomic E-state index is 13.3. The molecule has 11 heteroatoms. The second-order valence-corrected chi connectivity index (χ2v) is 13.4. The van der Waals surface area contributed by atoms with Gasteiger partial charge in [-0.1, -0.05) is 12.1 Å². The Balaban J connectivity index is 1.66. The Hall–Kier alpha value is -2.21. The van der Waals surface area contributed by atoms with Crippen LogP contribution in [-0.2, 0) is 32.8 Å². The summed E-state index contributed by atoms with van der Waals surface area (Å²) in [6.07, 6.45) is 7.42. The van der Waals surface area contributed by atoms with E-state index in [4.69, 9.17) is 4.74 Å². The highest BCUT2D eigenvalue weighted by molar-refractivity contribution is 7.87. The van der Waals surface area contributed by atoms with Gasteiger partial charge in [-0.2, -0.15) is 12.7 Å². The number of ether oxygens (including phenoxy) is 1. The highest BCUT2D eigenvalue weighted by Crippen LogP contribution is 2.26. The van der Waals surface area contributed by atoms with Gasteiger partial charge in [-0.3, -0.25) is 14.5 Å². The maximum Gasteiger partial charge on any atom is 0.278 e. The second-order valence-electron chi connectivity index (χ2n) is 11.4. The van der Waals surface area contributed by atoms with Crippen LogP contribution in [0.1, 0.15) is 76.3 Å². The van der Waals surface area contributed by atoms with E-state index in [9.17, 15) is 18.0 Å². The summed E-state index contributed by atoms with van der Waals surface area (Å²) in [6.45, 7) is 7.47. The Labute approximate surface area is 241 Å². The number of nitrogens with one attached hydrogen (secondary N) is 2. The standard InChI is InChI=1S/C29H49N5O5S/c1-23(2)33-21-25-20-24(11-13-27(25)39-19-9-5-7-16-30-28(35)22-33)12-14-29(36)34-18-8-6-10-26(34)15-17-31-40(37,38)32(3)4/h11,13,20,23,26,31H,5-10,12,14-19,21-22H2,1-4H3,(H,30,35). The molecule has 2 amide bonds. The molecule has 1 fully saturated rings. The van der Waals surface area contributed by atoms with Crippen LogP contribution in [0, 0.1) is 0 Å². The molecule has 2 N–H and O–H groups in total. The largest absolute Gasteiger partial charge is 0.493 e. The quantitative estimate of drug-likeness (QED) is 0.466. The van der Waals surface area contributed by atoms with E-state index in [0.29, 0.717) is 58.6 Å². The Morgan fingerprint density at radius 1 is 1.15 bits per heavy atom. The van der Waals surface area contributed by atoms with Crippen molar-refractivity contribution in [3.8, 4) is 5.75 Å². The van der Waals surface area contributed by atoms with E-state index in [2.05, 4.69) is 34.9 Å². The van der Waals surface area contributed by atoms with Crippen LogP contribution in [0.4, 0.5) is 0 Å². The topological polar surface area (TPSA) is 111 Å².